The van der Waals surface area contributed by atoms with Gasteiger partial charge < -0.3 is 14.2 Å². The Morgan fingerprint density at radius 3 is 2.75 bits per heavy atom. The van der Waals surface area contributed by atoms with Gasteiger partial charge in [-0.25, -0.2) is 0 Å². The molecule has 0 aromatic rings. The van der Waals surface area contributed by atoms with Gasteiger partial charge in [0.15, 0.2) is 0 Å². The van der Waals surface area contributed by atoms with Crippen molar-refractivity contribution >= 4 is 0 Å². The van der Waals surface area contributed by atoms with E-state index in [1.54, 1.807) is 14.2 Å². The number of ether oxygens (including phenoxy) is 3. The van der Waals surface area contributed by atoms with E-state index in [1.165, 1.54) is 0 Å². The fraction of sp³-hybridized carbons (Fsp3) is 1.00. The van der Waals surface area contributed by atoms with Gasteiger partial charge in [-0.05, 0) is 12.3 Å². The lowest BCUT2D eigenvalue weighted by Gasteiger charge is -2.33. The Balaban J connectivity index is 2.39. The number of hydrogen-bond acceptors (Lipinski definition) is 3. The van der Waals surface area contributed by atoms with Gasteiger partial charge in [0.1, 0.15) is 6.10 Å². The third-order valence-corrected chi connectivity index (χ3v) is 2.28. The molecule has 1 fully saturated rings. The molecule has 72 valence electrons. The summed E-state index contributed by atoms with van der Waals surface area (Å²) in [5.74, 6) is 0.600. The van der Waals surface area contributed by atoms with E-state index in [0.29, 0.717) is 12.5 Å². The first-order valence-electron chi connectivity index (χ1n) is 4.41. The van der Waals surface area contributed by atoms with Crippen LogP contribution in [0.2, 0.25) is 0 Å². The van der Waals surface area contributed by atoms with Gasteiger partial charge in [0, 0.05) is 20.8 Å². The molecule has 3 atom stereocenters. The van der Waals surface area contributed by atoms with Crippen LogP contribution < -0.4 is 0 Å². The first-order valence-corrected chi connectivity index (χ1v) is 4.41. The van der Waals surface area contributed by atoms with Crippen LogP contribution in [0.3, 0.4) is 0 Å². The average molecular weight is 174 g/mol. The molecule has 0 aromatic heterocycles. The van der Waals surface area contributed by atoms with Crippen LogP contribution in [0.1, 0.15) is 13.3 Å². The maximum atomic E-state index is 5.58. The topological polar surface area (TPSA) is 27.7 Å². The molecule has 1 aliphatic heterocycles. The Morgan fingerprint density at radius 1 is 1.42 bits per heavy atom. The predicted molar refractivity (Wildman–Crippen MR) is 46.2 cm³/mol. The van der Waals surface area contributed by atoms with Gasteiger partial charge in [-0.2, -0.15) is 0 Å². The van der Waals surface area contributed by atoms with Crippen molar-refractivity contribution in [2.45, 2.75) is 25.6 Å². The molecule has 0 amide bonds. The van der Waals surface area contributed by atoms with Crippen molar-refractivity contribution < 1.29 is 14.2 Å². The largest absolute Gasteiger partial charge is 0.382 e. The van der Waals surface area contributed by atoms with Gasteiger partial charge in [0.05, 0.1) is 12.7 Å². The molecule has 0 spiro atoms. The third-order valence-electron chi connectivity index (χ3n) is 2.28. The van der Waals surface area contributed by atoms with Crippen molar-refractivity contribution in [3.05, 3.63) is 0 Å². The molecule has 0 aromatic carbocycles. The zero-order chi connectivity index (χ0) is 8.97. The van der Waals surface area contributed by atoms with Crippen molar-refractivity contribution in [2.75, 3.05) is 27.4 Å². The lowest BCUT2D eigenvalue weighted by atomic mass is 9.98. The van der Waals surface area contributed by atoms with Crippen LogP contribution in [0, 0.1) is 5.92 Å². The summed E-state index contributed by atoms with van der Waals surface area (Å²) in [6.07, 6.45) is 1.40. The zero-order valence-electron chi connectivity index (χ0n) is 8.08. The fourth-order valence-corrected chi connectivity index (χ4v) is 1.58. The first kappa shape index (κ1) is 9.96. The number of methoxy groups -OCH3 is 2. The van der Waals surface area contributed by atoms with Gasteiger partial charge >= 0.3 is 0 Å². The molecule has 12 heavy (non-hydrogen) atoms. The molecule has 0 aliphatic carbocycles. The summed E-state index contributed by atoms with van der Waals surface area (Å²) in [5, 5.41) is 0. The van der Waals surface area contributed by atoms with Crippen LogP contribution in [0.25, 0.3) is 0 Å². The van der Waals surface area contributed by atoms with Crippen molar-refractivity contribution in [3.63, 3.8) is 0 Å². The smallest absolute Gasteiger partial charge is 0.107 e. The molecule has 0 N–H and O–H groups in total. The lowest BCUT2D eigenvalue weighted by molar-refractivity contribution is -0.130. The molecule has 1 saturated heterocycles. The maximum absolute atomic E-state index is 5.58. The minimum Gasteiger partial charge on any atom is -0.382 e. The monoisotopic (exact) mass is 174 g/mol. The average Bonchev–Trinajstić information content (AvgIpc) is 2.08. The number of hydrogen-bond donors (Lipinski definition) is 0. The maximum Gasteiger partial charge on any atom is 0.107 e. The molecular weight excluding hydrogens is 156 g/mol. The highest BCUT2D eigenvalue weighted by Crippen LogP contribution is 2.21. The van der Waals surface area contributed by atoms with E-state index in [2.05, 4.69) is 6.92 Å². The Morgan fingerprint density at radius 2 is 2.17 bits per heavy atom. The Kier molecular flexibility index (Phi) is 3.98. The Labute approximate surface area is 74.0 Å². The van der Waals surface area contributed by atoms with Crippen LogP contribution in [0.4, 0.5) is 0 Å². The standard InChI is InChI=1S/C9H18O3/c1-7-4-8(11-3)9(6-10-2)12-5-7/h7-9H,4-6H2,1-3H3. The van der Waals surface area contributed by atoms with Crippen LogP contribution in [0.5, 0.6) is 0 Å². The summed E-state index contributed by atoms with van der Waals surface area (Å²) in [4.78, 5) is 0. The molecule has 3 unspecified atom stereocenters. The summed E-state index contributed by atoms with van der Waals surface area (Å²) in [5.41, 5.74) is 0. The summed E-state index contributed by atoms with van der Waals surface area (Å²) in [6, 6.07) is 0. The Bertz CT molecular complexity index is 127. The van der Waals surface area contributed by atoms with Crippen LogP contribution in [-0.2, 0) is 14.2 Å². The highest BCUT2D eigenvalue weighted by molar-refractivity contribution is 4.77. The van der Waals surface area contributed by atoms with Gasteiger partial charge in [0.2, 0.25) is 0 Å². The molecule has 0 saturated carbocycles. The van der Waals surface area contributed by atoms with E-state index < -0.39 is 0 Å². The SMILES string of the molecule is COCC1OCC(C)CC1OC. The summed E-state index contributed by atoms with van der Waals surface area (Å²) >= 11 is 0. The molecule has 0 radical (unpaired) electrons. The highest BCUT2D eigenvalue weighted by Gasteiger charge is 2.29. The fourth-order valence-electron chi connectivity index (χ4n) is 1.58. The summed E-state index contributed by atoms with van der Waals surface area (Å²) in [7, 11) is 3.42. The van der Waals surface area contributed by atoms with E-state index in [-0.39, 0.29) is 12.2 Å². The lowest BCUT2D eigenvalue weighted by Crippen LogP contribution is -2.41. The molecular formula is C9H18O3. The van der Waals surface area contributed by atoms with Crippen molar-refractivity contribution in [1.82, 2.24) is 0 Å². The summed E-state index contributed by atoms with van der Waals surface area (Å²) < 4.78 is 15.9. The molecule has 3 heteroatoms. The third kappa shape index (κ3) is 2.44. The van der Waals surface area contributed by atoms with Gasteiger partial charge in [-0.15, -0.1) is 0 Å². The molecule has 1 aliphatic rings. The van der Waals surface area contributed by atoms with Crippen LogP contribution in [0.15, 0.2) is 0 Å². The minimum absolute atomic E-state index is 0.121. The van der Waals surface area contributed by atoms with E-state index in [1.807, 2.05) is 0 Å². The Hall–Kier alpha value is -0.120. The van der Waals surface area contributed by atoms with E-state index in [9.17, 15) is 0 Å². The second kappa shape index (κ2) is 4.80. The van der Waals surface area contributed by atoms with E-state index >= 15 is 0 Å². The van der Waals surface area contributed by atoms with Gasteiger partial charge in [-0.3, -0.25) is 0 Å². The molecule has 0 bridgehead atoms. The van der Waals surface area contributed by atoms with E-state index in [0.717, 1.165) is 13.0 Å². The van der Waals surface area contributed by atoms with E-state index in [4.69, 9.17) is 14.2 Å². The highest BCUT2D eigenvalue weighted by atomic mass is 16.6. The second-order valence-corrected chi connectivity index (χ2v) is 3.44. The molecule has 1 heterocycles. The van der Waals surface area contributed by atoms with Gasteiger partial charge in [0.25, 0.3) is 0 Å². The molecule has 1 rings (SSSR count). The molecule has 3 nitrogen and oxygen atoms in total. The van der Waals surface area contributed by atoms with Crippen molar-refractivity contribution in [3.8, 4) is 0 Å². The summed E-state index contributed by atoms with van der Waals surface area (Å²) in [6.45, 7) is 3.63. The van der Waals surface area contributed by atoms with Crippen LogP contribution >= 0.6 is 0 Å². The normalized spacial score (nSPS) is 36.8. The second-order valence-electron chi connectivity index (χ2n) is 3.44. The minimum atomic E-state index is 0.121. The first-order chi connectivity index (χ1) is 5.77. The zero-order valence-corrected chi connectivity index (χ0v) is 8.08. The van der Waals surface area contributed by atoms with Crippen molar-refractivity contribution in [2.24, 2.45) is 5.92 Å². The predicted octanol–water partition coefficient (Wildman–Crippen LogP) is 1.07. The quantitative estimate of drug-likeness (QED) is 0.640. The van der Waals surface area contributed by atoms with Crippen LogP contribution in [-0.4, -0.2) is 39.6 Å². The number of rotatable bonds is 3. The van der Waals surface area contributed by atoms with Gasteiger partial charge in [-0.1, -0.05) is 6.92 Å². The van der Waals surface area contributed by atoms with Crippen molar-refractivity contribution in [1.29, 1.82) is 0 Å².